The molecular formula is C38H53F2N7O5. The molecule has 1 heterocycles. The minimum atomic E-state index is -1.04. The van der Waals surface area contributed by atoms with Gasteiger partial charge in [0.2, 0.25) is 23.6 Å². The lowest BCUT2D eigenvalue weighted by atomic mass is 9.82. The maximum absolute atomic E-state index is 15.0. The molecule has 0 bridgehead atoms. The molecule has 3 aromatic rings. The van der Waals surface area contributed by atoms with Gasteiger partial charge in [0.1, 0.15) is 24.3 Å². The number of hydrogen-bond acceptors (Lipinski definition) is 7. The first-order valence-corrected chi connectivity index (χ1v) is 17.5. The standard InChI is InChI=1S/C38H53F2N7O5/c1-25(49)45-32(12-8-9-16-41)37(52)44-18-17-43-36(51)31(42)15-19-47(34(50)24-48)35(38(2,3)4)33-20-27(29-21-28(39)13-14-30(29)40)23-46(33)22-26-10-6-5-7-11-26/h5-7,10-11,13-14,20-21,23,31-32,35,48H,8-9,12,15-19,22,24,41-42H2,1-4H3,(H,43,51)(H,44,52)(H,45,49)/t31-,32-,35-/m0/s1. The van der Waals surface area contributed by atoms with Gasteiger partial charge in [0.15, 0.2) is 0 Å². The molecule has 0 aliphatic carbocycles. The molecule has 3 rings (SSSR count). The van der Waals surface area contributed by atoms with Gasteiger partial charge in [-0.05, 0) is 67.5 Å². The Kier molecular flexibility index (Phi) is 15.9. The van der Waals surface area contributed by atoms with Gasteiger partial charge in [-0.3, -0.25) is 19.2 Å². The van der Waals surface area contributed by atoms with Crippen molar-refractivity contribution >= 4 is 23.6 Å². The third-order valence-corrected chi connectivity index (χ3v) is 8.61. The van der Waals surface area contributed by atoms with Gasteiger partial charge in [-0.15, -0.1) is 0 Å². The van der Waals surface area contributed by atoms with Crippen LogP contribution in [0.2, 0.25) is 0 Å². The summed E-state index contributed by atoms with van der Waals surface area (Å²) in [4.78, 5) is 52.1. The number of benzene rings is 2. The number of unbranched alkanes of at least 4 members (excludes halogenated alkanes) is 1. The Hall–Kier alpha value is -4.66. The molecule has 0 saturated heterocycles. The largest absolute Gasteiger partial charge is 0.387 e. The number of hydrogen-bond donors (Lipinski definition) is 6. The highest BCUT2D eigenvalue weighted by molar-refractivity contribution is 5.87. The molecule has 1 aromatic heterocycles. The fourth-order valence-corrected chi connectivity index (χ4v) is 6.14. The average Bonchev–Trinajstić information content (AvgIpc) is 3.50. The monoisotopic (exact) mass is 725 g/mol. The summed E-state index contributed by atoms with van der Waals surface area (Å²) in [5, 5.41) is 18.1. The van der Waals surface area contributed by atoms with Crippen LogP contribution in [0, 0.1) is 17.0 Å². The molecule has 4 amide bonds. The van der Waals surface area contributed by atoms with Crippen molar-refractivity contribution in [2.45, 2.75) is 78.0 Å². The van der Waals surface area contributed by atoms with E-state index in [9.17, 15) is 28.7 Å². The highest BCUT2D eigenvalue weighted by atomic mass is 19.1. The van der Waals surface area contributed by atoms with Crippen LogP contribution in [0.1, 0.15) is 70.7 Å². The van der Waals surface area contributed by atoms with E-state index < -0.39 is 53.6 Å². The van der Waals surface area contributed by atoms with Crippen LogP contribution >= 0.6 is 0 Å². The lowest BCUT2D eigenvalue weighted by molar-refractivity contribution is -0.140. The van der Waals surface area contributed by atoms with Gasteiger partial charge < -0.3 is 42.0 Å². The third kappa shape index (κ3) is 12.2. The fourth-order valence-electron chi connectivity index (χ4n) is 6.14. The van der Waals surface area contributed by atoms with Crippen LogP contribution < -0.4 is 27.4 Å². The number of rotatable bonds is 19. The number of carbonyl (C=O) groups excluding carboxylic acids is 4. The van der Waals surface area contributed by atoms with E-state index in [0.29, 0.717) is 43.6 Å². The second-order valence-electron chi connectivity index (χ2n) is 13.9. The Morgan fingerprint density at radius 3 is 2.23 bits per heavy atom. The highest BCUT2D eigenvalue weighted by Crippen LogP contribution is 2.41. The molecule has 0 radical (unpaired) electrons. The molecule has 0 saturated carbocycles. The number of amides is 4. The summed E-state index contributed by atoms with van der Waals surface area (Å²) in [6, 6.07) is 12.1. The van der Waals surface area contributed by atoms with E-state index in [1.165, 1.54) is 11.8 Å². The normalized spacial score (nSPS) is 13.2. The number of nitrogens with two attached hydrogens (primary N) is 2. The molecule has 52 heavy (non-hydrogen) atoms. The van der Waals surface area contributed by atoms with Crippen molar-refractivity contribution in [1.82, 2.24) is 25.4 Å². The summed E-state index contributed by atoms with van der Waals surface area (Å²) in [6.07, 6.45) is 3.56. The Bertz CT molecular complexity index is 1640. The molecule has 0 aliphatic rings. The van der Waals surface area contributed by atoms with E-state index in [1.807, 2.05) is 55.7 Å². The van der Waals surface area contributed by atoms with Gasteiger partial charge in [0.25, 0.3) is 0 Å². The first kappa shape index (κ1) is 41.8. The van der Waals surface area contributed by atoms with Gasteiger partial charge in [0, 0.05) is 56.1 Å². The number of aliphatic hydroxyl groups is 1. The number of nitrogens with one attached hydrogen (secondary N) is 3. The number of carbonyl (C=O) groups is 4. The first-order valence-electron chi connectivity index (χ1n) is 17.5. The van der Waals surface area contributed by atoms with Crippen molar-refractivity contribution in [2.24, 2.45) is 16.9 Å². The Morgan fingerprint density at radius 1 is 0.942 bits per heavy atom. The van der Waals surface area contributed by atoms with Gasteiger partial charge >= 0.3 is 0 Å². The van der Waals surface area contributed by atoms with Crippen molar-refractivity contribution in [3.8, 4) is 11.1 Å². The minimum Gasteiger partial charge on any atom is -0.387 e. The quantitative estimate of drug-likeness (QED) is 0.103. The predicted octanol–water partition coefficient (Wildman–Crippen LogP) is 2.97. The van der Waals surface area contributed by atoms with Crippen LogP contribution in [-0.2, 0) is 25.7 Å². The fraction of sp³-hybridized carbons (Fsp3) is 0.474. The topological polar surface area (TPSA) is 185 Å². The van der Waals surface area contributed by atoms with Crippen molar-refractivity contribution in [3.63, 3.8) is 0 Å². The minimum absolute atomic E-state index is 0.00593. The summed E-state index contributed by atoms with van der Waals surface area (Å²) in [5.74, 6) is -3.01. The van der Waals surface area contributed by atoms with Crippen molar-refractivity contribution in [1.29, 1.82) is 0 Å². The maximum Gasteiger partial charge on any atom is 0.248 e. The zero-order valence-corrected chi connectivity index (χ0v) is 30.5. The van der Waals surface area contributed by atoms with E-state index in [4.69, 9.17) is 11.5 Å². The lowest BCUT2D eigenvalue weighted by Crippen LogP contribution is -2.49. The van der Waals surface area contributed by atoms with Crippen molar-refractivity contribution < 1.29 is 33.1 Å². The molecule has 8 N–H and O–H groups in total. The molecule has 0 aliphatic heterocycles. The SMILES string of the molecule is CC(=O)N[C@@H](CCCCN)C(=O)NCCNC(=O)[C@@H](N)CCN(C(=O)CO)[C@@H](c1cc(-c2cc(F)ccc2F)cn1Cc1ccccc1)C(C)(C)C. The van der Waals surface area contributed by atoms with E-state index in [0.717, 1.165) is 23.8 Å². The zero-order valence-electron chi connectivity index (χ0n) is 30.5. The Labute approximate surface area is 304 Å². The van der Waals surface area contributed by atoms with Crippen molar-refractivity contribution in [3.05, 3.63) is 83.7 Å². The zero-order chi connectivity index (χ0) is 38.4. The second-order valence-corrected chi connectivity index (χ2v) is 13.9. The lowest BCUT2D eigenvalue weighted by Gasteiger charge is -2.41. The predicted molar refractivity (Wildman–Crippen MR) is 195 cm³/mol. The molecular weight excluding hydrogens is 672 g/mol. The molecule has 284 valence electrons. The van der Waals surface area contributed by atoms with Gasteiger partial charge in [-0.1, -0.05) is 51.1 Å². The molecule has 2 aromatic carbocycles. The molecule has 12 nitrogen and oxygen atoms in total. The van der Waals surface area contributed by atoms with Crippen LogP contribution in [0.25, 0.3) is 11.1 Å². The number of halogens is 2. The van der Waals surface area contributed by atoms with Gasteiger partial charge in [0.05, 0.1) is 12.1 Å². The van der Waals surface area contributed by atoms with Crippen LogP contribution in [0.3, 0.4) is 0 Å². The van der Waals surface area contributed by atoms with E-state index in [-0.39, 0.29) is 43.4 Å². The van der Waals surface area contributed by atoms with E-state index >= 15 is 4.39 Å². The maximum atomic E-state index is 15.0. The molecule has 3 atom stereocenters. The average molecular weight is 726 g/mol. The first-order chi connectivity index (χ1) is 24.7. The second kappa shape index (κ2) is 19.8. The molecule has 0 spiro atoms. The van der Waals surface area contributed by atoms with E-state index in [2.05, 4.69) is 16.0 Å². The van der Waals surface area contributed by atoms with Gasteiger partial charge in [-0.2, -0.15) is 0 Å². The van der Waals surface area contributed by atoms with Crippen molar-refractivity contribution in [2.75, 3.05) is 32.8 Å². The van der Waals surface area contributed by atoms with Crippen LogP contribution in [0.5, 0.6) is 0 Å². The summed E-state index contributed by atoms with van der Waals surface area (Å²) in [7, 11) is 0. The summed E-state index contributed by atoms with van der Waals surface area (Å²) in [5.41, 5.74) is 13.2. The summed E-state index contributed by atoms with van der Waals surface area (Å²) in [6.45, 7) is 7.30. The Balaban J connectivity index is 1.79. The molecule has 0 unspecified atom stereocenters. The summed E-state index contributed by atoms with van der Waals surface area (Å²) < 4.78 is 31.2. The van der Waals surface area contributed by atoms with Gasteiger partial charge in [-0.25, -0.2) is 8.78 Å². The molecule has 0 fully saturated rings. The number of aliphatic hydroxyl groups excluding tert-OH is 1. The number of nitrogens with zero attached hydrogens (tertiary/aromatic N) is 2. The van der Waals surface area contributed by atoms with Crippen LogP contribution in [0.4, 0.5) is 8.78 Å². The smallest absolute Gasteiger partial charge is 0.248 e. The number of aromatic nitrogens is 1. The van der Waals surface area contributed by atoms with E-state index in [1.54, 1.807) is 12.3 Å². The Morgan fingerprint density at radius 2 is 1.62 bits per heavy atom. The van der Waals surface area contributed by atoms with Crippen LogP contribution in [-0.4, -0.2) is 83.1 Å². The molecule has 14 heteroatoms. The summed E-state index contributed by atoms with van der Waals surface area (Å²) >= 11 is 0. The third-order valence-electron chi connectivity index (χ3n) is 8.61. The van der Waals surface area contributed by atoms with Crippen LogP contribution in [0.15, 0.2) is 60.8 Å². The highest BCUT2D eigenvalue weighted by Gasteiger charge is 2.37.